The zero-order valence-corrected chi connectivity index (χ0v) is 10.6. The molecule has 0 aliphatic heterocycles. The SMILES string of the molecule is Cc1nsc(NC(=O)c2ccc(=O)[nH]c2)c1C(=O)O. The van der Waals surface area contributed by atoms with Crippen molar-refractivity contribution in [2.45, 2.75) is 6.92 Å². The van der Waals surface area contributed by atoms with Gasteiger partial charge in [-0.2, -0.15) is 4.37 Å². The van der Waals surface area contributed by atoms with Crippen LogP contribution in [0.3, 0.4) is 0 Å². The molecular formula is C11H9N3O4S. The van der Waals surface area contributed by atoms with Crippen LogP contribution in [-0.4, -0.2) is 26.3 Å². The Morgan fingerprint density at radius 1 is 1.42 bits per heavy atom. The van der Waals surface area contributed by atoms with Gasteiger partial charge in [0.05, 0.1) is 11.3 Å². The first-order valence-electron chi connectivity index (χ1n) is 5.18. The Morgan fingerprint density at radius 2 is 2.16 bits per heavy atom. The van der Waals surface area contributed by atoms with Gasteiger partial charge in [0, 0.05) is 12.3 Å². The third kappa shape index (κ3) is 2.68. The minimum atomic E-state index is -1.15. The number of aromatic amines is 1. The lowest BCUT2D eigenvalue weighted by molar-refractivity contribution is 0.0697. The zero-order valence-electron chi connectivity index (χ0n) is 9.76. The lowest BCUT2D eigenvalue weighted by atomic mass is 10.2. The summed E-state index contributed by atoms with van der Waals surface area (Å²) < 4.78 is 3.89. The van der Waals surface area contributed by atoms with Crippen LogP contribution < -0.4 is 10.9 Å². The summed E-state index contributed by atoms with van der Waals surface area (Å²) in [5.41, 5.74) is 0.218. The van der Waals surface area contributed by atoms with Crippen molar-refractivity contribution >= 4 is 28.4 Å². The average Bonchev–Trinajstić information content (AvgIpc) is 2.71. The number of nitrogens with zero attached hydrogens (tertiary/aromatic N) is 1. The standard InChI is InChI=1S/C11H9N3O4S/c1-5-8(11(17)18)10(19-14-5)13-9(16)6-2-3-7(15)12-4-6/h2-4H,1H3,(H,12,15)(H,13,16)(H,17,18). The molecule has 8 heteroatoms. The molecule has 0 aliphatic carbocycles. The Balaban J connectivity index is 2.27. The van der Waals surface area contributed by atoms with Gasteiger partial charge in [0.15, 0.2) is 0 Å². The van der Waals surface area contributed by atoms with Crippen molar-refractivity contribution in [3.8, 4) is 0 Å². The van der Waals surface area contributed by atoms with E-state index in [9.17, 15) is 14.4 Å². The molecule has 3 N–H and O–H groups in total. The quantitative estimate of drug-likeness (QED) is 0.778. The van der Waals surface area contributed by atoms with E-state index in [0.29, 0.717) is 5.69 Å². The van der Waals surface area contributed by atoms with Gasteiger partial charge in [-0.15, -0.1) is 0 Å². The van der Waals surface area contributed by atoms with E-state index in [0.717, 1.165) is 11.5 Å². The van der Waals surface area contributed by atoms with E-state index in [1.54, 1.807) is 6.92 Å². The molecule has 19 heavy (non-hydrogen) atoms. The number of aromatic carboxylic acids is 1. The first-order valence-corrected chi connectivity index (χ1v) is 5.96. The van der Waals surface area contributed by atoms with E-state index >= 15 is 0 Å². The van der Waals surface area contributed by atoms with Gasteiger partial charge in [-0.25, -0.2) is 4.79 Å². The van der Waals surface area contributed by atoms with Gasteiger partial charge in [-0.3, -0.25) is 9.59 Å². The normalized spacial score (nSPS) is 10.2. The molecule has 7 nitrogen and oxygen atoms in total. The van der Waals surface area contributed by atoms with Crippen LogP contribution in [0.15, 0.2) is 23.1 Å². The van der Waals surface area contributed by atoms with E-state index in [4.69, 9.17) is 5.11 Å². The summed E-state index contributed by atoms with van der Waals surface area (Å²) in [6, 6.07) is 2.56. The summed E-state index contributed by atoms with van der Waals surface area (Å²) in [5.74, 6) is -1.66. The van der Waals surface area contributed by atoms with Gasteiger partial charge in [0.2, 0.25) is 5.56 Å². The number of carboxylic acid groups (broad SMARTS) is 1. The molecule has 0 saturated heterocycles. The molecule has 1 amide bonds. The highest BCUT2D eigenvalue weighted by atomic mass is 32.1. The number of rotatable bonds is 3. The zero-order chi connectivity index (χ0) is 14.0. The van der Waals surface area contributed by atoms with E-state index in [1.807, 2.05) is 0 Å². The Morgan fingerprint density at radius 3 is 2.74 bits per heavy atom. The second kappa shape index (κ2) is 5.02. The van der Waals surface area contributed by atoms with E-state index in [1.165, 1.54) is 18.3 Å². The number of hydrogen-bond donors (Lipinski definition) is 3. The van der Waals surface area contributed by atoms with Crippen molar-refractivity contribution < 1.29 is 14.7 Å². The molecule has 0 radical (unpaired) electrons. The largest absolute Gasteiger partial charge is 0.478 e. The molecule has 0 aromatic carbocycles. The summed E-state index contributed by atoms with van der Waals surface area (Å²) in [6.45, 7) is 1.55. The predicted octanol–water partition coefficient (Wildman–Crippen LogP) is 1.09. The number of amides is 1. The third-order valence-corrected chi connectivity index (χ3v) is 3.20. The van der Waals surface area contributed by atoms with Gasteiger partial charge < -0.3 is 15.4 Å². The Kier molecular flexibility index (Phi) is 3.43. The molecule has 2 rings (SSSR count). The minimum absolute atomic E-state index is 0.0252. The van der Waals surface area contributed by atoms with Crippen LogP contribution in [0.2, 0.25) is 0 Å². The number of carboxylic acids is 1. The van der Waals surface area contributed by atoms with Crippen molar-refractivity contribution in [3.63, 3.8) is 0 Å². The molecule has 0 aliphatic rings. The van der Waals surface area contributed by atoms with E-state index < -0.39 is 11.9 Å². The fourth-order valence-corrected chi connectivity index (χ4v) is 2.22. The maximum absolute atomic E-state index is 11.9. The van der Waals surface area contributed by atoms with Crippen LogP contribution in [0.1, 0.15) is 26.4 Å². The highest BCUT2D eigenvalue weighted by molar-refractivity contribution is 7.11. The van der Waals surface area contributed by atoms with Crippen molar-refractivity contribution in [1.82, 2.24) is 9.36 Å². The van der Waals surface area contributed by atoms with Crippen molar-refractivity contribution in [3.05, 3.63) is 45.5 Å². The second-order valence-corrected chi connectivity index (χ2v) is 4.45. The van der Waals surface area contributed by atoms with Gasteiger partial charge in [0.1, 0.15) is 10.6 Å². The van der Waals surface area contributed by atoms with Crippen LogP contribution in [0.4, 0.5) is 5.00 Å². The molecule has 0 saturated carbocycles. The Hall–Kier alpha value is -2.48. The number of pyridine rings is 1. The molecule has 2 aromatic rings. The van der Waals surface area contributed by atoms with Gasteiger partial charge in [0.25, 0.3) is 5.91 Å². The van der Waals surface area contributed by atoms with Gasteiger partial charge in [-0.05, 0) is 24.5 Å². The number of aromatic nitrogens is 2. The van der Waals surface area contributed by atoms with Gasteiger partial charge >= 0.3 is 5.97 Å². The number of anilines is 1. The maximum Gasteiger partial charge on any atom is 0.340 e. The topological polar surface area (TPSA) is 112 Å². The van der Waals surface area contributed by atoms with E-state index in [-0.39, 0.29) is 21.7 Å². The third-order valence-electron chi connectivity index (χ3n) is 2.35. The summed E-state index contributed by atoms with van der Waals surface area (Å²) in [5, 5.41) is 11.7. The monoisotopic (exact) mass is 279 g/mol. The number of hydrogen-bond acceptors (Lipinski definition) is 5. The van der Waals surface area contributed by atoms with E-state index in [2.05, 4.69) is 14.7 Å². The summed E-state index contributed by atoms with van der Waals surface area (Å²) in [6.07, 6.45) is 1.26. The molecule has 0 bridgehead atoms. The number of aryl methyl sites for hydroxylation is 1. The number of carbonyl (C=O) groups is 2. The molecule has 0 atom stereocenters. The fraction of sp³-hybridized carbons (Fsp3) is 0.0909. The summed E-state index contributed by atoms with van der Waals surface area (Å²) in [7, 11) is 0. The smallest absolute Gasteiger partial charge is 0.340 e. The molecule has 0 spiro atoms. The van der Waals surface area contributed by atoms with Crippen molar-refractivity contribution in [2.24, 2.45) is 0 Å². The average molecular weight is 279 g/mol. The predicted molar refractivity (Wildman–Crippen MR) is 68.8 cm³/mol. The Labute approximate surface area is 111 Å². The van der Waals surface area contributed by atoms with Crippen LogP contribution in [0, 0.1) is 6.92 Å². The number of nitrogens with one attached hydrogen (secondary N) is 2. The molecule has 2 aromatic heterocycles. The second-order valence-electron chi connectivity index (χ2n) is 3.67. The fourth-order valence-electron chi connectivity index (χ4n) is 1.43. The summed E-state index contributed by atoms with van der Waals surface area (Å²) >= 11 is 0.896. The molecule has 0 unspecified atom stereocenters. The van der Waals surface area contributed by atoms with Crippen LogP contribution in [-0.2, 0) is 0 Å². The highest BCUT2D eigenvalue weighted by Gasteiger charge is 2.19. The lowest BCUT2D eigenvalue weighted by Gasteiger charge is -2.03. The molecule has 98 valence electrons. The molecule has 0 fully saturated rings. The van der Waals surface area contributed by atoms with Gasteiger partial charge in [-0.1, -0.05) is 0 Å². The molecular weight excluding hydrogens is 270 g/mol. The van der Waals surface area contributed by atoms with Crippen molar-refractivity contribution in [1.29, 1.82) is 0 Å². The van der Waals surface area contributed by atoms with Crippen LogP contribution >= 0.6 is 11.5 Å². The lowest BCUT2D eigenvalue weighted by Crippen LogP contribution is -2.15. The first kappa shape index (κ1) is 13.0. The van der Waals surface area contributed by atoms with Crippen LogP contribution in [0.5, 0.6) is 0 Å². The Bertz CT molecular complexity index is 684. The number of H-pyrrole nitrogens is 1. The highest BCUT2D eigenvalue weighted by Crippen LogP contribution is 2.24. The van der Waals surface area contributed by atoms with Crippen molar-refractivity contribution in [2.75, 3.05) is 5.32 Å². The maximum atomic E-state index is 11.9. The summed E-state index contributed by atoms with van der Waals surface area (Å²) in [4.78, 5) is 36.1. The first-order chi connectivity index (χ1) is 8.99. The van der Waals surface area contributed by atoms with Crippen LogP contribution in [0.25, 0.3) is 0 Å². The number of carbonyl (C=O) groups excluding carboxylic acids is 1. The minimum Gasteiger partial charge on any atom is -0.478 e. The molecule has 2 heterocycles.